The van der Waals surface area contributed by atoms with Crippen molar-refractivity contribution in [1.82, 2.24) is 0 Å². The van der Waals surface area contributed by atoms with E-state index < -0.39 is 5.97 Å². The topological polar surface area (TPSA) is 46.5 Å². The number of methoxy groups -OCH3 is 1. The normalized spacial score (nSPS) is 12.5. The largest absolute Gasteiger partial charge is 0.478 e. The second-order valence-electron chi connectivity index (χ2n) is 2.89. The van der Waals surface area contributed by atoms with Gasteiger partial charge in [0.05, 0.1) is 16.7 Å². The summed E-state index contributed by atoms with van der Waals surface area (Å²) in [4.78, 5) is 10.8. The van der Waals surface area contributed by atoms with Crippen LogP contribution in [0.4, 0.5) is 0 Å². The first-order valence-electron chi connectivity index (χ1n) is 4.12. The summed E-state index contributed by atoms with van der Waals surface area (Å²) in [6, 6.07) is 4.87. The third kappa shape index (κ3) is 2.05. The van der Waals surface area contributed by atoms with Gasteiger partial charge >= 0.3 is 5.97 Å². The summed E-state index contributed by atoms with van der Waals surface area (Å²) in [6.07, 6.45) is -0.207. The first-order valence-corrected chi connectivity index (χ1v) is 4.50. The van der Waals surface area contributed by atoms with Gasteiger partial charge in [-0.3, -0.25) is 0 Å². The second kappa shape index (κ2) is 4.44. The molecule has 1 rings (SSSR count). The van der Waals surface area contributed by atoms with E-state index in [1.807, 2.05) is 6.92 Å². The fourth-order valence-electron chi connectivity index (χ4n) is 1.16. The van der Waals surface area contributed by atoms with Gasteiger partial charge in [-0.15, -0.1) is 0 Å². The highest BCUT2D eigenvalue weighted by molar-refractivity contribution is 6.34. The minimum absolute atomic E-state index is 0.105. The molecule has 0 saturated heterocycles. The van der Waals surface area contributed by atoms with Gasteiger partial charge < -0.3 is 9.84 Å². The Bertz CT molecular complexity index is 349. The first kappa shape index (κ1) is 11.0. The lowest BCUT2D eigenvalue weighted by Crippen LogP contribution is -2.03. The maximum atomic E-state index is 10.8. The van der Waals surface area contributed by atoms with Crippen molar-refractivity contribution >= 4 is 17.6 Å². The number of aromatic carboxylic acids is 1. The Morgan fingerprint density at radius 3 is 2.71 bits per heavy atom. The number of carboxylic acids is 1. The van der Waals surface area contributed by atoms with E-state index in [4.69, 9.17) is 21.4 Å². The smallest absolute Gasteiger partial charge is 0.337 e. The van der Waals surface area contributed by atoms with Crippen molar-refractivity contribution in [3.8, 4) is 0 Å². The van der Waals surface area contributed by atoms with Crippen LogP contribution in [0.2, 0.25) is 5.02 Å². The summed E-state index contributed by atoms with van der Waals surface area (Å²) < 4.78 is 5.07. The Kier molecular flexibility index (Phi) is 3.49. The Morgan fingerprint density at radius 2 is 2.21 bits per heavy atom. The molecule has 3 nitrogen and oxygen atoms in total. The van der Waals surface area contributed by atoms with Crippen molar-refractivity contribution in [2.75, 3.05) is 7.11 Å². The van der Waals surface area contributed by atoms with Crippen molar-refractivity contribution in [3.05, 3.63) is 34.3 Å². The van der Waals surface area contributed by atoms with E-state index in [-0.39, 0.29) is 16.7 Å². The molecule has 0 saturated carbocycles. The maximum absolute atomic E-state index is 10.8. The van der Waals surface area contributed by atoms with Crippen LogP contribution >= 0.6 is 11.6 Å². The van der Waals surface area contributed by atoms with Crippen LogP contribution in [0, 0.1) is 0 Å². The predicted molar refractivity (Wildman–Crippen MR) is 53.8 cm³/mol. The van der Waals surface area contributed by atoms with E-state index in [0.717, 1.165) is 0 Å². The lowest BCUT2D eigenvalue weighted by Gasteiger charge is -2.12. The number of hydrogen-bond donors (Lipinski definition) is 1. The molecule has 0 aliphatic heterocycles. The molecule has 0 fully saturated rings. The molecule has 1 atom stereocenters. The zero-order chi connectivity index (χ0) is 10.7. The Morgan fingerprint density at radius 1 is 1.57 bits per heavy atom. The van der Waals surface area contributed by atoms with Gasteiger partial charge in [0.1, 0.15) is 0 Å². The highest BCUT2D eigenvalue weighted by Gasteiger charge is 2.15. The van der Waals surface area contributed by atoms with Crippen LogP contribution in [0.25, 0.3) is 0 Å². The van der Waals surface area contributed by atoms with Crippen molar-refractivity contribution < 1.29 is 14.6 Å². The molecule has 0 radical (unpaired) electrons. The van der Waals surface area contributed by atoms with Gasteiger partial charge in [0, 0.05) is 7.11 Å². The number of ether oxygens (including phenoxy) is 1. The quantitative estimate of drug-likeness (QED) is 0.842. The number of hydrogen-bond acceptors (Lipinski definition) is 2. The lowest BCUT2D eigenvalue weighted by atomic mass is 10.1. The average molecular weight is 215 g/mol. The molecule has 0 aliphatic carbocycles. The van der Waals surface area contributed by atoms with E-state index in [1.165, 1.54) is 6.07 Å². The number of carbonyl (C=O) groups is 1. The summed E-state index contributed by atoms with van der Waals surface area (Å²) in [5.41, 5.74) is 0.794. The van der Waals surface area contributed by atoms with E-state index in [9.17, 15) is 4.79 Å². The van der Waals surface area contributed by atoms with Crippen LogP contribution in [0.3, 0.4) is 0 Å². The van der Waals surface area contributed by atoms with Crippen molar-refractivity contribution in [1.29, 1.82) is 0 Å². The molecule has 0 aromatic heterocycles. The molecule has 0 bridgehead atoms. The number of benzene rings is 1. The lowest BCUT2D eigenvalue weighted by molar-refractivity contribution is 0.0696. The van der Waals surface area contributed by atoms with Crippen molar-refractivity contribution in [2.45, 2.75) is 13.0 Å². The van der Waals surface area contributed by atoms with E-state index >= 15 is 0 Å². The molecule has 0 aliphatic rings. The monoisotopic (exact) mass is 214 g/mol. The highest BCUT2D eigenvalue weighted by atomic mass is 35.5. The summed E-state index contributed by atoms with van der Waals surface area (Å²) in [6.45, 7) is 1.81. The molecular weight excluding hydrogens is 204 g/mol. The molecule has 76 valence electrons. The number of rotatable bonds is 3. The third-order valence-electron chi connectivity index (χ3n) is 2.05. The predicted octanol–water partition coefficient (Wildman–Crippen LogP) is 2.75. The van der Waals surface area contributed by atoms with Gasteiger partial charge in [0.25, 0.3) is 0 Å². The molecule has 14 heavy (non-hydrogen) atoms. The van der Waals surface area contributed by atoms with Gasteiger partial charge in [0.15, 0.2) is 0 Å². The molecule has 1 unspecified atom stereocenters. The fourth-order valence-corrected chi connectivity index (χ4v) is 1.52. The summed E-state index contributed by atoms with van der Waals surface area (Å²) >= 11 is 5.92. The molecule has 0 amide bonds. The number of halogens is 1. The van der Waals surface area contributed by atoms with Crippen molar-refractivity contribution in [2.24, 2.45) is 0 Å². The number of carboxylic acid groups (broad SMARTS) is 1. The van der Waals surface area contributed by atoms with E-state index in [1.54, 1.807) is 19.2 Å². The minimum Gasteiger partial charge on any atom is -0.478 e. The third-order valence-corrected chi connectivity index (χ3v) is 2.47. The average Bonchev–Trinajstić information content (AvgIpc) is 2.16. The molecule has 0 spiro atoms. The molecule has 4 heteroatoms. The molecular formula is C10H11ClO3. The standard InChI is InChI=1S/C10H11ClO3/c1-6(14-2)7-4-3-5-8(9(7)11)10(12)13/h3-6H,1-2H3,(H,12,13). The summed E-state index contributed by atoms with van der Waals surface area (Å²) in [5.74, 6) is -1.03. The molecule has 1 N–H and O–H groups in total. The molecule has 1 aromatic rings. The Balaban J connectivity index is 3.20. The zero-order valence-electron chi connectivity index (χ0n) is 7.95. The SMILES string of the molecule is COC(C)c1cccc(C(=O)O)c1Cl. The minimum atomic E-state index is -1.03. The van der Waals surface area contributed by atoms with Crippen molar-refractivity contribution in [3.63, 3.8) is 0 Å². The summed E-state index contributed by atoms with van der Waals surface area (Å²) in [7, 11) is 1.55. The molecule has 0 heterocycles. The van der Waals surface area contributed by atoms with Gasteiger partial charge in [-0.2, -0.15) is 0 Å². The van der Waals surface area contributed by atoms with Gasteiger partial charge in [0.2, 0.25) is 0 Å². The van der Waals surface area contributed by atoms with Crippen LogP contribution in [0.5, 0.6) is 0 Å². The van der Waals surface area contributed by atoms with Crippen LogP contribution in [0.1, 0.15) is 28.9 Å². The zero-order valence-corrected chi connectivity index (χ0v) is 8.71. The van der Waals surface area contributed by atoms with E-state index in [2.05, 4.69) is 0 Å². The summed E-state index contributed by atoms with van der Waals surface area (Å²) in [5, 5.41) is 9.06. The first-order chi connectivity index (χ1) is 6.57. The van der Waals surface area contributed by atoms with Gasteiger partial charge in [-0.25, -0.2) is 4.79 Å². The van der Waals surface area contributed by atoms with Crippen LogP contribution in [0.15, 0.2) is 18.2 Å². The molecule has 1 aromatic carbocycles. The Hall–Kier alpha value is -1.06. The van der Waals surface area contributed by atoms with Crippen LogP contribution in [-0.4, -0.2) is 18.2 Å². The van der Waals surface area contributed by atoms with E-state index in [0.29, 0.717) is 5.56 Å². The van der Waals surface area contributed by atoms with Crippen LogP contribution < -0.4 is 0 Å². The highest BCUT2D eigenvalue weighted by Crippen LogP contribution is 2.27. The van der Waals surface area contributed by atoms with Gasteiger partial charge in [-0.05, 0) is 18.6 Å². The van der Waals surface area contributed by atoms with Crippen LogP contribution in [-0.2, 0) is 4.74 Å². The maximum Gasteiger partial charge on any atom is 0.337 e. The fraction of sp³-hybridized carbons (Fsp3) is 0.300. The van der Waals surface area contributed by atoms with Gasteiger partial charge in [-0.1, -0.05) is 23.7 Å². The second-order valence-corrected chi connectivity index (χ2v) is 3.27. The Labute approximate surface area is 87.3 Å².